The number of hydrogen-bond acceptors (Lipinski definition) is 6. The largest absolute Gasteiger partial charge is 0.480 e. The van der Waals surface area contributed by atoms with E-state index >= 15 is 0 Å². The van der Waals surface area contributed by atoms with E-state index in [1.807, 2.05) is 18.2 Å². The molecule has 2 heterocycles. The fourth-order valence-electron chi connectivity index (χ4n) is 1.90. The molecule has 8 heteroatoms. The van der Waals surface area contributed by atoms with Crippen LogP contribution in [0.2, 0.25) is 0 Å². The Balaban J connectivity index is 1.93. The third-order valence-electron chi connectivity index (χ3n) is 2.94. The summed E-state index contributed by atoms with van der Waals surface area (Å²) in [5.41, 5.74) is 1.83. The van der Waals surface area contributed by atoms with Crippen LogP contribution in [0.1, 0.15) is 5.56 Å². The van der Waals surface area contributed by atoms with E-state index in [-0.39, 0.29) is 0 Å². The Morgan fingerprint density at radius 3 is 2.59 bits per heavy atom. The van der Waals surface area contributed by atoms with Crippen LogP contribution in [0.5, 0.6) is 11.9 Å². The molecular weight excluding hydrogens is 368 g/mol. The molecule has 0 atom stereocenters. The standard InChI is InChI=1S/C14H13BrN4O2S/c1-20-12-10(15)11-16-13(18-19(11)14(17-12)21-2)22-8-9-6-4-3-5-7-9/h3-7H,8H2,1-2H3. The Morgan fingerprint density at radius 2 is 1.91 bits per heavy atom. The molecule has 0 aliphatic rings. The molecule has 114 valence electrons. The van der Waals surface area contributed by atoms with Gasteiger partial charge in [0.1, 0.15) is 4.47 Å². The number of fused-ring (bicyclic) bond motifs is 1. The topological polar surface area (TPSA) is 61.5 Å². The van der Waals surface area contributed by atoms with Crippen molar-refractivity contribution in [3.63, 3.8) is 0 Å². The number of nitrogens with zero attached hydrogens (tertiary/aromatic N) is 4. The van der Waals surface area contributed by atoms with Gasteiger partial charge < -0.3 is 9.47 Å². The van der Waals surface area contributed by atoms with Crippen LogP contribution >= 0.6 is 27.7 Å². The number of halogens is 1. The fraction of sp³-hybridized carbons (Fsp3) is 0.214. The molecule has 3 aromatic rings. The van der Waals surface area contributed by atoms with Crippen molar-refractivity contribution >= 4 is 33.3 Å². The van der Waals surface area contributed by atoms with Crippen molar-refractivity contribution in [2.45, 2.75) is 10.9 Å². The Labute approximate surface area is 140 Å². The lowest BCUT2D eigenvalue weighted by molar-refractivity contribution is 0.341. The Kier molecular flexibility index (Phi) is 4.49. The second-order valence-electron chi connectivity index (χ2n) is 4.33. The predicted molar refractivity (Wildman–Crippen MR) is 87.6 cm³/mol. The highest BCUT2D eigenvalue weighted by Crippen LogP contribution is 2.31. The Morgan fingerprint density at radius 1 is 1.14 bits per heavy atom. The van der Waals surface area contributed by atoms with Crippen molar-refractivity contribution < 1.29 is 9.47 Å². The van der Waals surface area contributed by atoms with Crippen molar-refractivity contribution in [1.29, 1.82) is 0 Å². The zero-order valence-corrected chi connectivity index (χ0v) is 14.4. The summed E-state index contributed by atoms with van der Waals surface area (Å²) < 4.78 is 12.7. The van der Waals surface area contributed by atoms with Gasteiger partial charge in [-0.15, -0.1) is 5.10 Å². The van der Waals surface area contributed by atoms with E-state index in [0.29, 0.717) is 27.2 Å². The van der Waals surface area contributed by atoms with Crippen LogP contribution in [0.3, 0.4) is 0 Å². The first kappa shape index (κ1) is 15.1. The summed E-state index contributed by atoms with van der Waals surface area (Å²) in [6.45, 7) is 0. The van der Waals surface area contributed by atoms with Gasteiger partial charge in [-0.1, -0.05) is 42.1 Å². The molecular formula is C14H13BrN4O2S. The summed E-state index contributed by atoms with van der Waals surface area (Å²) in [5.74, 6) is 1.21. The highest BCUT2D eigenvalue weighted by atomic mass is 79.9. The molecule has 0 spiro atoms. The number of thioether (sulfide) groups is 1. The predicted octanol–water partition coefficient (Wildman–Crippen LogP) is 3.20. The van der Waals surface area contributed by atoms with Crippen LogP contribution < -0.4 is 9.47 Å². The minimum atomic E-state index is 0.328. The van der Waals surface area contributed by atoms with Gasteiger partial charge in [0.2, 0.25) is 11.0 Å². The molecule has 0 aliphatic heterocycles. The van der Waals surface area contributed by atoms with E-state index < -0.39 is 0 Å². The number of ether oxygens (including phenoxy) is 2. The molecule has 1 aromatic carbocycles. The van der Waals surface area contributed by atoms with Gasteiger partial charge in [-0.05, 0) is 21.5 Å². The second-order valence-corrected chi connectivity index (χ2v) is 6.06. The Bertz CT molecular complexity index is 794. The van der Waals surface area contributed by atoms with Crippen LogP contribution in [-0.2, 0) is 5.75 Å². The fourth-order valence-corrected chi connectivity index (χ4v) is 3.18. The van der Waals surface area contributed by atoms with Gasteiger partial charge in [-0.2, -0.15) is 14.5 Å². The van der Waals surface area contributed by atoms with Crippen LogP contribution in [-0.4, -0.2) is 33.8 Å². The van der Waals surface area contributed by atoms with E-state index in [2.05, 4.69) is 43.1 Å². The number of methoxy groups -OCH3 is 2. The lowest BCUT2D eigenvalue weighted by Crippen LogP contribution is -2.02. The third-order valence-corrected chi connectivity index (χ3v) is 4.54. The average Bonchev–Trinajstić information content (AvgIpc) is 2.99. The summed E-state index contributed by atoms with van der Waals surface area (Å²) in [6.07, 6.45) is 0. The summed E-state index contributed by atoms with van der Waals surface area (Å²) >= 11 is 4.99. The highest BCUT2D eigenvalue weighted by Gasteiger charge is 2.17. The van der Waals surface area contributed by atoms with E-state index in [1.165, 1.54) is 12.7 Å². The lowest BCUT2D eigenvalue weighted by atomic mass is 10.2. The molecule has 3 rings (SSSR count). The first-order valence-corrected chi connectivity index (χ1v) is 8.21. The van der Waals surface area contributed by atoms with Crippen molar-refractivity contribution in [1.82, 2.24) is 19.6 Å². The molecule has 0 N–H and O–H groups in total. The third kappa shape index (κ3) is 2.89. The normalized spacial score (nSPS) is 10.9. The lowest BCUT2D eigenvalue weighted by Gasteiger charge is -2.06. The van der Waals surface area contributed by atoms with Gasteiger partial charge in [0.05, 0.1) is 14.2 Å². The van der Waals surface area contributed by atoms with Gasteiger partial charge in [0.25, 0.3) is 0 Å². The molecule has 0 aliphatic carbocycles. The Hall–Kier alpha value is -1.80. The molecule has 0 saturated carbocycles. The number of aromatic nitrogens is 4. The van der Waals surface area contributed by atoms with Crippen molar-refractivity contribution in [2.75, 3.05) is 14.2 Å². The smallest absolute Gasteiger partial charge is 0.322 e. The van der Waals surface area contributed by atoms with Gasteiger partial charge >= 0.3 is 6.01 Å². The minimum Gasteiger partial charge on any atom is -0.480 e. The minimum absolute atomic E-state index is 0.328. The molecule has 0 fully saturated rings. The zero-order chi connectivity index (χ0) is 15.5. The van der Waals surface area contributed by atoms with Crippen molar-refractivity contribution in [3.05, 3.63) is 40.4 Å². The van der Waals surface area contributed by atoms with Gasteiger partial charge in [-0.25, -0.2) is 0 Å². The van der Waals surface area contributed by atoms with Gasteiger partial charge in [0.15, 0.2) is 5.65 Å². The number of rotatable bonds is 5. The van der Waals surface area contributed by atoms with Gasteiger partial charge in [-0.3, -0.25) is 0 Å². The molecule has 0 saturated heterocycles. The highest BCUT2D eigenvalue weighted by molar-refractivity contribution is 9.10. The van der Waals surface area contributed by atoms with Crippen LogP contribution in [0.4, 0.5) is 0 Å². The molecule has 2 aromatic heterocycles. The SMILES string of the molecule is COc1nc(OC)n2nc(SCc3ccccc3)nc2c1Br. The zero-order valence-electron chi connectivity index (χ0n) is 12.0. The quantitative estimate of drug-likeness (QED) is 0.633. The van der Waals surface area contributed by atoms with Gasteiger partial charge in [0, 0.05) is 5.75 Å². The van der Waals surface area contributed by atoms with E-state index in [4.69, 9.17) is 9.47 Å². The maximum Gasteiger partial charge on any atom is 0.322 e. The van der Waals surface area contributed by atoms with Crippen LogP contribution in [0.15, 0.2) is 40.0 Å². The first-order chi connectivity index (χ1) is 10.7. The average molecular weight is 381 g/mol. The van der Waals surface area contributed by atoms with Crippen molar-refractivity contribution in [3.8, 4) is 11.9 Å². The maximum atomic E-state index is 5.24. The molecule has 0 amide bonds. The van der Waals surface area contributed by atoms with Crippen LogP contribution in [0, 0.1) is 0 Å². The molecule has 0 unspecified atom stereocenters. The van der Waals surface area contributed by atoms with Crippen molar-refractivity contribution in [2.24, 2.45) is 0 Å². The molecule has 0 radical (unpaired) electrons. The first-order valence-electron chi connectivity index (χ1n) is 6.44. The van der Waals surface area contributed by atoms with E-state index in [9.17, 15) is 0 Å². The maximum absolute atomic E-state index is 5.24. The number of hydrogen-bond donors (Lipinski definition) is 0. The summed E-state index contributed by atoms with van der Waals surface area (Å²) in [6, 6.07) is 10.5. The van der Waals surface area contributed by atoms with Crippen LogP contribution in [0.25, 0.3) is 5.65 Å². The number of benzene rings is 1. The second kappa shape index (κ2) is 6.53. The summed E-state index contributed by atoms with van der Waals surface area (Å²) in [5, 5.41) is 5.08. The molecule has 0 bridgehead atoms. The monoisotopic (exact) mass is 380 g/mol. The van der Waals surface area contributed by atoms with E-state index in [0.717, 1.165) is 5.75 Å². The summed E-state index contributed by atoms with van der Waals surface area (Å²) in [7, 11) is 3.08. The van der Waals surface area contributed by atoms with E-state index in [1.54, 1.807) is 23.4 Å². The molecule has 6 nitrogen and oxygen atoms in total. The summed E-state index contributed by atoms with van der Waals surface area (Å²) in [4.78, 5) is 8.74. The molecule has 22 heavy (non-hydrogen) atoms.